The van der Waals surface area contributed by atoms with Gasteiger partial charge >= 0.3 is 6.03 Å². The van der Waals surface area contributed by atoms with Crippen LogP contribution in [0.25, 0.3) is 0 Å². The van der Waals surface area contributed by atoms with Crippen LogP contribution in [-0.4, -0.2) is 25.7 Å². The second-order valence-electron chi connectivity index (χ2n) is 4.93. The van der Waals surface area contributed by atoms with Crippen molar-refractivity contribution in [3.8, 4) is 0 Å². The largest absolute Gasteiger partial charge is 0.467 e. The van der Waals surface area contributed by atoms with Crippen molar-refractivity contribution in [2.75, 3.05) is 13.7 Å². The Morgan fingerprint density at radius 1 is 1.47 bits per heavy atom. The first-order valence-electron chi connectivity index (χ1n) is 6.90. The molecule has 0 saturated heterocycles. The lowest BCUT2D eigenvalue weighted by atomic mass is 9.96. The SMILES string of the molecule is COC(CNC(=O)NC1CCCCC1)c1ccco1. The smallest absolute Gasteiger partial charge is 0.315 e. The summed E-state index contributed by atoms with van der Waals surface area (Å²) in [5.41, 5.74) is 0. The van der Waals surface area contributed by atoms with Crippen LogP contribution < -0.4 is 10.6 Å². The molecule has 5 heteroatoms. The van der Waals surface area contributed by atoms with E-state index in [1.807, 2.05) is 12.1 Å². The van der Waals surface area contributed by atoms with Crippen LogP contribution >= 0.6 is 0 Å². The van der Waals surface area contributed by atoms with Crippen LogP contribution in [0.15, 0.2) is 22.8 Å². The van der Waals surface area contributed by atoms with E-state index in [2.05, 4.69) is 10.6 Å². The molecule has 1 aliphatic carbocycles. The zero-order chi connectivity index (χ0) is 13.5. The number of hydrogen-bond acceptors (Lipinski definition) is 3. The zero-order valence-corrected chi connectivity index (χ0v) is 11.4. The number of methoxy groups -OCH3 is 1. The van der Waals surface area contributed by atoms with Gasteiger partial charge in [0.05, 0.1) is 12.8 Å². The van der Waals surface area contributed by atoms with Crippen LogP contribution in [0.4, 0.5) is 4.79 Å². The molecule has 1 aliphatic rings. The minimum Gasteiger partial charge on any atom is -0.467 e. The molecular formula is C14H22N2O3. The van der Waals surface area contributed by atoms with Crippen molar-refractivity contribution in [2.45, 2.75) is 44.2 Å². The van der Waals surface area contributed by atoms with E-state index in [1.54, 1.807) is 13.4 Å². The molecule has 0 spiro atoms. The predicted molar refractivity (Wildman–Crippen MR) is 71.9 cm³/mol. The maximum absolute atomic E-state index is 11.8. The number of rotatable bonds is 5. The minimum absolute atomic E-state index is 0.125. The van der Waals surface area contributed by atoms with Crippen molar-refractivity contribution in [2.24, 2.45) is 0 Å². The van der Waals surface area contributed by atoms with Crippen LogP contribution in [0.5, 0.6) is 0 Å². The summed E-state index contributed by atoms with van der Waals surface area (Å²) in [6.45, 7) is 0.405. The Morgan fingerprint density at radius 2 is 2.26 bits per heavy atom. The van der Waals surface area contributed by atoms with Crippen molar-refractivity contribution >= 4 is 6.03 Å². The molecule has 1 atom stereocenters. The molecule has 1 unspecified atom stereocenters. The Kier molecular flexibility index (Phi) is 5.27. The van der Waals surface area contributed by atoms with Crippen molar-refractivity contribution in [3.05, 3.63) is 24.2 Å². The average molecular weight is 266 g/mol. The summed E-state index contributed by atoms with van der Waals surface area (Å²) in [6, 6.07) is 3.84. The summed E-state index contributed by atoms with van der Waals surface area (Å²) in [5, 5.41) is 5.84. The van der Waals surface area contributed by atoms with E-state index in [9.17, 15) is 4.79 Å². The number of carbonyl (C=O) groups is 1. The van der Waals surface area contributed by atoms with E-state index < -0.39 is 0 Å². The highest BCUT2D eigenvalue weighted by Gasteiger charge is 2.18. The summed E-state index contributed by atoms with van der Waals surface area (Å²) in [4.78, 5) is 11.8. The van der Waals surface area contributed by atoms with Gasteiger partial charge in [0, 0.05) is 13.2 Å². The number of furan rings is 1. The van der Waals surface area contributed by atoms with Crippen molar-refractivity contribution in [1.29, 1.82) is 0 Å². The van der Waals surface area contributed by atoms with Gasteiger partial charge in [0.2, 0.25) is 0 Å². The number of carbonyl (C=O) groups excluding carboxylic acids is 1. The molecule has 2 N–H and O–H groups in total. The molecule has 19 heavy (non-hydrogen) atoms. The highest BCUT2D eigenvalue weighted by atomic mass is 16.5. The molecular weight excluding hydrogens is 244 g/mol. The molecule has 0 bridgehead atoms. The van der Waals surface area contributed by atoms with Gasteiger partial charge < -0.3 is 19.8 Å². The number of amides is 2. The zero-order valence-electron chi connectivity index (χ0n) is 11.4. The van der Waals surface area contributed by atoms with Gasteiger partial charge in [-0.3, -0.25) is 0 Å². The molecule has 1 aromatic heterocycles. The van der Waals surface area contributed by atoms with Crippen molar-refractivity contribution in [1.82, 2.24) is 10.6 Å². The molecule has 1 heterocycles. The van der Waals surface area contributed by atoms with Crippen molar-refractivity contribution in [3.63, 3.8) is 0 Å². The fourth-order valence-electron chi connectivity index (χ4n) is 2.44. The number of hydrogen-bond donors (Lipinski definition) is 2. The van der Waals surface area contributed by atoms with Gasteiger partial charge in [-0.2, -0.15) is 0 Å². The van der Waals surface area contributed by atoms with Gasteiger partial charge in [0.1, 0.15) is 11.9 Å². The lowest BCUT2D eigenvalue weighted by Crippen LogP contribution is -2.44. The Balaban J connectivity index is 1.72. The van der Waals surface area contributed by atoms with Crippen molar-refractivity contribution < 1.29 is 13.9 Å². The molecule has 1 aromatic rings. The maximum atomic E-state index is 11.8. The van der Waals surface area contributed by atoms with Gasteiger partial charge in [-0.1, -0.05) is 19.3 Å². The van der Waals surface area contributed by atoms with Gasteiger partial charge in [-0.15, -0.1) is 0 Å². The summed E-state index contributed by atoms with van der Waals surface area (Å²) < 4.78 is 10.6. The van der Waals surface area contributed by atoms with E-state index in [4.69, 9.17) is 9.15 Å². The second-order valence-corrected chi connectivity index (χ2v) is 4.93. The van der Waals surface area contributed by atoms with Gasteiger partial charge in [0.25, 0.3) is 0 Å². The Bertz CT molecular complexity index is 372. The molecule has 106 valence electrons. The first-order valence-corrected chi connectivity index (χ1v) is 6.90. The lowest BCUT2D eigenvalue weighted by Gasteiger charge is -2.23. The third kappa shape index (κ3) is 4.28. The quantitative estimate of drug-likeness (QED) is 0.861. The molecule has 0 radical (unpaired) electrons. The molecule has 2 amide bonds. The fourth-order valence-corrected chi connectivity index (χ4v) is 2.44. The number of ether oxygens (including phenoxy) is 1. The summed E-state index contributed by atoms with van der Waals surface area (Å²) in [7, 11) is 1.61. The standard InChI is InChI=1S/C14H22N2O3/c1-18-13(12-8-5-9-19-12)10-15-14(17)16-11-6-3-2-4-7-11/h5,8-9,11,13H,2-4,6-7,10H2,1H3,(H2,15,16,17). The van der Waals surface area contributed by atoms with Gasteiger partial charge in [0.15, 0.2) is 0 Å². The second kappa shape index (κ2) is 7.19. The van der Waals surface area contributed by atoms with E-state index in [1.165, 1.54) is 19.3 Å². The predicted octanol–water partition coefficient (Wildman–Crippen LogP) is 2.60. The van der Waals surface area contributed by atoms with Crippen LogP contribution in [0.1, 0.15) is 44.0 Å². The van der Waals surface area contributed by atoms with Gasteiger partial charge in [-0.05, 0) is 25.0 Å². The van der Waals surface area contributed by atoms with E-state index in [0.29, 0.717) is 12.6 Å². The topological polar surface area (TPSA) is 63.5 Å². The molecule has 2 rings (SSSR count). The fraction of sp³-hybridized carbons (Fsp3) is 0.643. The first kappa shape index (κ1) is 13.9. The van der Waals surface area contributed by atoms with Gasteiger partial charge in [-0.25, -0.2) is 4.79 Å². The first-order chi connectivity index (χ1) is 9.29. The Hall–Kier alpha value is -1.49. The minimum atomic E-state index is -0.243. The summed E-state index contributed by atoms with van der Waals surface area (Å²) >= 11 is 0. The van der Waals surface area contributed by atoms with Crippen LogP contribution in [-0.2, 0) is 4.74 Å². The van der Waals surface area contributed by atoms with E-state index in [0.717, 1.165) is 18.6 Å². The van der Waals surface area contributed by atoms with E-state index >= 15 is 0 Å². The molecule has 5 nitrogen and oxygen atoms in total. The number of urea groups is 1. The summed E-state index contributed by atoms with van der Waals surface area (Å²) in [6.07, 6.45) is 7.22. The summed E-state index contributed by atoms with van der Waals surface area (Å²) in [5.74, 6) is 0.723. The highest BCUT2D eigenvalue weighted by Crippen LogP contribution is 2.18. The lowest BCUT2D eigenvalue weighted by molar-refractivity contribution is 0.0848. The number of nitrogens with one attached hydrogen (secondary N) is 2. The molecule has 1 saturated carbocycles. The third-order valence-corrected chi connectivity index (χ3v) is 3.53. The molecule has 1 fully saturated rings. The van der Waals surface area contributed by atoms with Crippen LogP contribution in [0.3, 0.4) is 0 Å². The van der Waals surface area contributed by atoms with E-state index in [-0.39, 0.29) is 12.1 Å². The third-order valence-electron chi connectivity index (χ3n) is 3.53. The normalized spacial score (nSPS) is 17.9. The Morgan fingerprint density at radius 3 is 2.89 bits per heavy atom. The Labute approximate surface area is 113 Å². The van der Waals surface area contributed by atoms with Crippen LogP contribution in [0, 0.1) is 0 Å². The average Bonchev–Trinajstić information content (AvgIpc) is 2.95. The molecule has 0 aliphatic heterocycles. The highest BCUT2D eigenvalue weighted by molar-refractivity contribution is 5.74. The van der Waals surface area contributed by atoms with Crippen LogP contribution in [0.2, 0.25) is 0 Å². The molecule has 0 aromatic carbocycles. The maximum Gasteiger partial charge on any atom is 0.315 e. The monoisotopic (exact) mass is 266 g/mol.